The molecule has 106 valence electrons. The number of hydrogen-bond donors (Lipinski definition) is 2. The number of hydrogen-bond acceptors (Lipinski definition) is 2. The summed E-state index contributed by atoms with van der Waals surface area (Å²) in [6.07, 6.45) is 1.21. The second-order valence-corrected chi connectivity index (χ2v) is 4.39. The standard InChI is InChI=1S/C16H18O4/c1-5-11-12(6-2)14(10(4)16(19)20)8-7-13(11)9(3)15(17)18/h7-8H,3-6H2,1-2H3,(H,17,18)(H,19,20). The van der Waals surface area contributed by atoms with Gasteiger partial charge >= 0.3 is 11.9 Å². The van der Waals surface area contributed by atoms with E-state index in [-0.39, 0.29) is 11.1 Å². The summed E-state index contributed by atoms with van der Waals surface area (Å²) in [5, 5.41) is 18.1. The summed E-state index contributed by atoms with van der Waals surface area (Å²) < 4.78 is 0. The van der Waals surface area contributed by atoms with Gasteiger partial charge in [0.25, 0.3) is 0 Å². The van der Waals surface area contributed by atoms with Crippen LogP contribution in [0.5, 0.6) is 0 Å². The van der Waals surface area contributed by atoms with Crippen LogP contribution in [0.15, 0.2) is 25.3 Å². The van der Waals surface area contributed by atoms with E-state index in [0.717, 1.165) is 11.1 Å². The van der Waals surface area contributed by atoms with Crippen LogP contribution in [0.4, 0.5) is 0 Å². The van der Waals surface area contributed by atoms with E-state index >= 15 is 0 Å². The summed E-state index contributed by atoms with van der Waals surface area (Å²) in [7, 11) is 0. The van der Waals surface area contributed by atoms with Crippen molar-refractivity contribution in [3.8, 4) is 0 Å². The first-order valence-electron chi connectivity index (χ1n) is 6.34. The van der Waals surface area contributed by atoms with Gasteiger partial charge in [0.05, 0.1) is 11.1 Å². The Morgan fingerprint density at radius 2 is 1.20 bits per heavy atom. The second kappa shape index (κ2) is 6.19. The van der Waals surface area contributed by atoms with Crippen LogP contribution in [0, 0.1) is 0 Å². The van der Waals surface area contributed by atoms with Crippen molar-refractivity contribution in [1.82, 2.24) is 0 Å². The number of rotatable bonds is 6. The fraction of sp³-hybridized carbons (Fsp3) is 0.250. The van der Waals surface area contributed by atoms with E-state index in [1.165, 1.54) is 0 Å². The van der Waals surface area contributed by atoms with Crippen LogP contribution in [0.3, 0.4) is 0 Å². The number of benzene rings is 1. The molecular weight excluding hydrogens is 256 g/mol. The lowest BCUT2D eigenvalue weighted by molar-refractivity contribution is -0.131. The maximum Gasteiger partial charge on any atom is 0.335 e. The van der Waals surface area contributed by atoms with Gasteiger partial charge in [-0.05, 0) is 35.1 Å². The zero-order valence-corrected chi connectivity index (χ0v) is 11.7. The molecule has 0 aliphatic rings. The van der Waals surface area contributed by atoms with Crippen molar-refractivity contribution in [1.29, 1.82) is 0 Å². The van der Waals surface area contributed by atoms with Crippen molar-refractivity contribution in [3.63, 3.8) is 0 Å². The minimum atomic E-state index is -1.08. The first-order valence-corrected chi connectivity index (χ1v) is 6.34. The van der Waals surface area contributed by atoms with Gasteiger partial charge in [-0.2, -0.15) is 0 Å². The van der Waals surface area contributed by atoms with E-state index in [4.69, 9.17) is 10.2 Å². The van der Waals surface area contributed by atoms with E-state index in [0.29, 0.717) is 24.0 Å². The van der Waals surface area contributed by atoms with Gasteiger partial charge in [0.1, 0.15) is 0 Å². The van der Waals surface area contributed by atoms with Gasteiger partial charge in [0.15, 0.2) is 0 Å². The van der Waals surface area contributed by atoms with Gasteiger partial charge in [-0.3, -0.25) is 0 Å². The molecule has 0 aliphatic heterocycles. The average Bonchev–Trinajstić information content (AvgIpc) is 2.43. The van der Waals surface area contributed by atoms with Gasteiger partial charge in [-0.25, -0.2) is 9.59 Å². The lowest BCUT2D eigenvalue weighted by atomic mass is 9.87. The summed E-state index contributed by atoms with van der Waals surface area (Å²) >= 11 is 0. The molecule has 0 fully saturated rings. The van der Waals surface area contributed by atoms with Crippen LogP contribution in [-0.4, -0.2) is 22.2 Å². The molecule has 20 heavy (non-hydrogen) atoms. The summed E-state index contributed by atoms with van der Waals surface area (Å²) in [5.41, 5.74) is 2.78. The lowest BCUT2D eigenvalue weighted by Gasteiger charge is -2.17. The van der Waals surface area contributed by atoms with E-state index in [2.05, 4.69) is 13.2 Å². The van der Waals surface area contributed by atoms with Gasteiger partial charge < -0.3 is 10.2 Å². The fourth-order valence-electron chi connectivity index (χ4n) is 2.30. The molecule has 1 rings (SSSR count). The Hall–Kier alpha value is -2.36. The normalized spacial score (nSPS) is 10.1. The molecule has 1 aromatic carbocycles. The molecule has 1 aromatic rings. The third-order valence-electron chi connectivity index (χ3n) is 3.30. The van der Waals surface area contributed by atoms with Crippen molar-refractivity contribution in [3.05, 3.63) is 47.5 Å². The Balaban J connectivity index is 3.57. The molecule has 0 heterocycles. The molecule has 0 aromatic heterocycles. The van der Waals surface area contributed by atoms with Crippen molar-refractivity contribution < 1.29 is 19.8 Å². The molecule has 0 radical (unpaired) electrons. The third-order valence-corrected chi connectivity index (χ3v) is 3.30. The third kappa shape index (κ3) is 2.79. The van der Waals surface area contributed by atoms with Crippen molar-refractivity contribution in [2.45, 2.75) is 26.7 Å². The topological polar surface area (TPSA) is 74.6 Å². The van der Waals surface area contributed by atoms with Crippen molar-refractivity contribution in [2.24, 2.45) is 0 Å². The predicted octanol–water partition coefficient (Wildman–Crippen LogP) is 3.01. The number of carboxylic acids is 2. The molecule has 4 heteroatoms. The van der Waals surface area contributed by atoms with Gasteiger partial charge in [-0.15, -0.1) is 0 Å². The molecule has 4 nitrogen and oxygen atoms in total. The highest BCUT2D eigenvalue weighted by Gasteiger charge is 2.19. The summed E-state index contributed by atoms with van der Waals surface area (Å²) in [6.45, 7) is 11.0. The minimum absolute atomic E-state index is 0.0176. The van der Waals surface area contributed by atoms with Gasteiger partial charge in [-0.1, -0.05) is 39.1 Å². The molecule has 0 unspecified atom stereocenters. The van der Waals surface area contributed by atoms with Crippen LogP contribution in [-0.2, 0) is 22.4 Å². The highest BCUT2D eigenvalue weighted by molar-refractivity contribution is 6.17. The van der Waals surface area contributed by atoms with E-state index in [1.54, 1.807) is 12.1 Å². The zero-order chi connectivity index (χ0) is 15.4. The van der Waals surface area contributed by atoms with E-state index in [9.17, 15) is 9.59 Å². The summed E-state index contributed by atoms with van der Waals surface area (Å²) in [5.74, 6) is -2.15. The molecule has 0 saturated carbocycles. The lowest BCUT2D eigenvalue weighted by Crippen LogP contribution is -2.08. The highest BCUT2D eigenvalue weighted by Crippen LogP contribution is 2.29. The predicted molar refractivity (Wildman–Crippen MR) is 78.5 cm³/mol. The number of carbonyl (C=O) groups is 2. The Bertz CT molecular complexity index is 544. The molecular formula is C16H18O4. The number of carboxylic acid groups (broad SMARTS) is 2. The summed E-state index contributed by atoms with van der Waals surface area (Å²) in [4.78, 5) is 22.2. The minimum Gasteiger partial charge on any atom is -0.478 e. The quantitative estimate of drug-likeness (QED) is 0.782. The Morgan fingerprint density at radius 3 is 1.40 bits per heavy atom. The first-order chi connectivity index (χ1) is 9.34. The van der Waals surface area contributed by atoms with Crippen molar-refractivity contribution in [2.75, 3.05) is 0 Å². The van der Waals surface area contributed by atoms with Crippen molar-refractivity contribution >= 4 is 23.1 Å². The zero-order valence-electron chi connectivity index (χ0n) is 11.7. The SMILES string of the molecule is C=C(C(=O)O)c1ccc(C(=C)C(=O)O)c(CC)c1CC. The van der Waals surface area contributed by atoms with E-state index in [1.807, 2.05) is 13.8 Å². The fourth-order valence-corrected chi connectivity index (χ4v) is 2.30. The highest BCUT2D eigenvalue weighted by atomic mass is 16.4. The molecule has 0 amide bonds. The van der Waals surface area contributed by atoms with Crippen LogP contribution in [0.25, 0.3) is 11.1 Å². The van der Waals surface area contributed by atoms with Gasteiger partial charge in [0.2, 0.25) is 0 Å². The van der Waals surface area contributed by atoms with E-state index < -0.39 is 11.9 Å². The molecule has 0 spiro atoms. The Kier molecular flexibility index (Phi) is 4.86. The van der Waals surface area contributed by atoms with Gasteiger partial charge in [0, 0.05) is 0 Å². The second-order valence-electron chi connectivity index (χ2n) is 4.39. The molecule has 0 atom stereocenters. The maximum absolute atomic E-state index is 11.1. The van der Waals surface area contributed by atoms with Crippen LogP contribution in [0.2, 0.25) is 0 Å². The van der Waals surface area contributed by atoms with Crippen LogP contribution in [0.1, 0.15) is 36.1 Å². The molecule has 0 aliphatic carbocycles. The Labute approximate surface area is 118 Å². The largest absolute Gasteiger partial charge is 0.478 e. The van der Waals surface area contributed by atoms with Crippen LogP contribution >= 0.6 is 0 Å². The number of aliphatic carboxylic acids is 2. The first kappa shape index (κ1) is 15.7. The summed E-state index contributed by atoms with van der Waals surface area (Å²) in [6, 6.07) is 3.22. The molecule has 0 saturated heterocycles. The monoisotopic (exact) mass is 274 g/mol. The maximum atomic E-state index is 11.1. The smallest absolute Gasteiger partial charge is 0.335 e. The molecule has 0 bridgehead atoms. The average molecular weight is 274 g/mol. The van der Waals surface area contributed by atoms with Crippen LogP contribution < -0.4 is 0 Å². The molecule has 2 N–H and O–H groups in total. The Morgan fingerprint density at radius 1 is 0.900 bits per heavy atom.